The lowest BCUT2D eigenvalue weighted by molar-refractivity contribution is 0.0905. The SMILES string of the molecule is Cc1ccc(-c2cc(F)c3c(c2)C[C@H](CNC(=O)c2ccco2)O3)cc1F. The first-order valence-corrected chi connectivity index (χ1v) is 8.58. The van der Waals surface area contributed by atoms with E-state index in [-0.39, 0.29) is 35.9 Å². The van der Waals surface area contributed by atoms with Crippen LogP contribution in [-0.2, 0) is 6.42 Å². The normalized spacial score (nSPS) is 15.3. The number of aryl methyl sites for hydroxylation is 1. The number of amides is 1. The van der Waals surface area contributed by atoms with Crippen LogP contribution in [0.2, 0.25) is 0 Å². The van der Waals surface area contributed by atoms with Crippen LogP contribution in [0.1, 0.15) is 21.7 Å². The summed E-state index contributed by atoms with van der Waals surface area (Å²) < 4.78 is 39.0. The number of halogens is 2. The number of benzene rings is 2. The van der Waals surface area contributed by atoms with Crippen molar-refractivity contribution in [1.82, 2.24) is 5.32 Å². The Morgan fingerprint density at radius 1 is 1.15 bits per heavy atom. The van der Waals surface area contributed by atoms with E-state index in [4.69, 9.17) is 9.15 Å². The van der Waals surface area contributed by atoms with E-state index in [1.165, 1.54) is 18.4 Å². The topological polar surface area (TPSA) is 51.5 Å². The molecule has 0 unspecified atom stereocenters. The summed E-state index contributed by atoms with van der Waals surface area (Å²) in [5, 5.41) is 2.71. The van der Waals surface area contributed by atoms with Gasteiger partial charge in [0.2, 0.25) is 0 Å². The maximum atomic E-state index is 14.5. The van der Waals surface area contributed by atoms with Crippen LogP contribution in [0.25, 0.3) is 11.1 Å². The number of fused-ring (bicyclic) bond motifs is 1. The van der Waals surface area contributed by atoms with E-state index in [9.17, 15) is 13.6 Å². The molecule has 4 rings (SSSR count). The molecule has 1 amide bonds. The van der Waals surface area contributed by atoms with Gasteiger partial charge in [0.25, 0.3) is 5.91 Å². The Hall–Kier alpha value is -3.15. The molecule has 6 heteroatoms. The van der Waals surface area contributed by atoms with Crippen LogP contribution in [0.5, 0.6) is 5.75 Å². The Labute approximate surface area is 154 Å². The number of hydrogen-bond donors (Lipinski definition) is 1. The maximum absolute atomic E-state index is 14.5. The highest BCUT2D eigenvalue weighted by molar-refractivity contribution is 5.91. The molecule has 0 fully saturated rings. The van der Waals surface area contributed by atoms with E-state index in [0.717, 1.165) is 0 Å². The van der Waals surface area contributed by atoms with Gasteiger partial charge in [-0.1, -0.05) is 12.1 Å². The summed E-state index contributed by atoms with van der Waals surface area (Å²) in [6, 6.07) is 11.2. The van der Waals surface area contributed by atoms with E-state index in [1.807, 2.05) is 0 Å². The van der Waals surface area contributed by atoms with E-state index >= 15 is 0 Å². The van der Waals surface area contributed by atoms with Gasteiger partial charge in [0, 0.05) is 12.0 Å². The summed E-state index contributed by atoms with van der Waals surface area (Å²) in [5.74, 6) is -0.786. The van der Waals surface area contributed by atoms with Crippen LogP contribution >= 0.6 is 0 Å². The molecule has 138 valence electrons. The van der Waals surface area contributed by atoms with Crippen LogP contribution in [0.3, 0.4) is 0 Å². The molecule has 3 aromatic rings. The third-order valence-corrected chi connectivity index (χ3v) is 4.59. The largest absolute Gasteiger partial charge is 0.485 e. The van der Waals surface area contributed by atoms with Crippen molar-refractivity contribution < 1.29 is 22.7 Å². The third kappa shape index (κ3) is 3.43. The van der Waals surface area contributed by atoms with E-state index in [1.54, 1.807) is 37.3 Å². The monoisotopic (exact) mass is 369 g/mol. The smallest absolute Gasteiger partial charge is 0.287 e. The minimum atomic E-state index is -0.497. The Morgan fingerprint density at radius 3 is 2.70 bits per heavy atom. The second kappa shape index (κ2) is 6.87. The molecule has 0 radical (unpaired) electrons. The molecule has 1 atom stereocenters. The number of furan rings is 1. The van der Waals surface area contributed by atoms with Crippen molar-refractivity contribution >= 4 is 5.91 Å². The molecule has 2 heterocycles. The van der Waals surface area contributed by atoms with Crippen LogP contribution in [0.15, 0.2) is 53.1 Å². The Bertz CT molecular complexity index is 999. The summed E-state index contributed by atoms with van der Waals surface area (Å²) in [5.41, 5.74) is 2.43. The number of hydrogen-bond acceptors (Lipinski definition) is 3. The minimum absolute atomic E-state index is 0.184. The predicted octanol–water partition coefficient (Wildman–Crippen LogP) is 4.27. The van der Waals surface area contributed by atoms with Gasteiger partial charge in [0.05, 0.1) is 12.8 Å². The summed E-state index contributed by atoms with van der Waals surface area (Å²) >= 11 is 0. The standard InChI is InChI=1S/C21H17F2NO3/c1-12-4-5-13(9-17(12)22)14-7-15-8-16(27-20(15)18(23)10-14)11-24-21(25)19-3-2-6-26-19/h2-7,9-10,16H,8,11H2,1H3,(H,24,25)/t16-/m1/s1. The first-order chi connectivity index (χ1) is 13.0. The lowest BCUT2D eigenvalue weighted by Gasteiger charge is -2.11. The molecule has 2 aromatic carbocycles. The van der Waals surface area contributed by atoms with Crippen molar-refractivity contribution in [3.8, 4) is 16.9 Å². The number of carbonyl (C=O) groups is 1. The molecular weight excluding hydrogens is 352 g/mol. The molecule has 0 aliphatic carbocycles. The van der Waals surface area contributed by atoms with Crippen LogP contribution in [0.4, 0.5) is 8.78 Å². The quantitative estimate of drug-likeness (QED) is 0.747. The fourth-order valence-corrected chi connectivity index (χ4v) is 3.14. The fourth-order valence-electron chi connectivity index (χ4n) is 3.14. The third-order valence-electron chi connectivity index (χ3n) is 4.59. The van der Waals surface area contributed by atoms with Gasteiger partial charge >= 0.3 is 0 Å². The molecule has 1 aliphatic rings. The molecule has 0 saturated heterocycles. The lowest BCUT2D eigenvalue weighted by atomic mass is 9.99. The van der Waals surface area contributed by atoms with Crippen molar-refractivity contribution in [3.63, 3.8) is 0 Å². The second-order valence-electron chi connectivity index (χ2n) is 6.54. The first-order valence-electron chi connectivity index (χ1n) is 8.58. The molecule has 4 nitrogen and oxygen atoms in total. The van der Waals surface area contributed by atoms with Crippen molar-refractivity contribution in [2.24, 2.45) is 0 Å². The summed E-state index contributed by atoms with van der Waals surface area (Å²) in [7, 11) is 0. The number of nitrogens with one attached hydrogen (secondary N) is 1. The fraction of sp³-hybridized carbons (Fsp3) is 0.190. The van der Waals surface area contributed by atoms with Crippen molar-refractivity contribution in [2.75, 3.05) is 6.54 Å². The van der Waals surface area contributed by atoms with Gasteiger partial charge in [-0.25, -0.2) is 8.78 Å². The minimum Gasteiger partial charge on any atom is -0.485 e. The van der Waals surface area contributed by atoms with Gasteiger partial charge in [0.1, 0.15) is 11.9 Å². The predicted molar refractivity (Wildman–Crippen MR) is 95.7 cm³/mol. The van der Waals surface area contributed by atoms with Crippen LogP contribution in [0, 0.1) is 18.6 Å². The van der Waals surface area contributed by atoms with Gasteiger partial charge in [-0.3, -0.25) is 4.79 Å². The summed E-state index contributed by atoms with van der Waals surface area (Å²) in [4.78, 5) is 11.9. The van der Waals surface area contributed by atoms with Crippen molar-refractivity contribution in [2.45, 2.75) is 19.4 Å². The zero-order chi connectivity index (χ0) is 19.0. The first kappa shape index (κ1) is 17.3. The molecule has 1 aromatic heterocycles. The molecular formula is C21H17F2NO3. The maximum Gasteiger partial charge on any atom is 0.287 e. The molecule has 1 aliphatic heterocycles. The summed E-state index contributed by atoms with van der Waals surface area (Å²) in [6.07, 6.45) is 1.49. The highest BCUT2D eigenvalue weighted by Crippen LogP contribution is 2.36. The van der Waals surface area contributed by atoms with Crippen molar-refractivity contribution in [1.29, 1.82) is 0 Å². The van der Waals surface area contributed by atoms with Gasteiger partial charge in [0.15, 0.2) is 17.3 Å². The van der Waals surface area contributed by atoms with Crippen LogP contribution in [-0.4, -0.2) is 18.6 Å². The average Bonchev–Trinajstić information content (AvgIpc) is 3.31. The second-order valence-corrected chi connectivity index (χ2v) is 6.54. The van der Waals surface area contributed by atoms with Gasteiger partial charge in [-0.2, -0.15) is 0 Å². The highest BCUT2D eigenvalue weighted by atomic mass is 19.1. The Kier molecular flexibility index (Phi) is 4.39. The summed E-state index contributed by atoms with van der Waals surface area (Å²) in [6.45, 7) is 1.90. The van der Waals surface area contributed by atoms with E-state index in [0.29, 0.717) is 28.7 Å². The number of ether oxygens (including phenoxy) is 1. The van der Waals surface area contributed by atoms with Gasteiger partial charge in [-0.15, -0.1) is 0 Å². The van der Waals surface area contributed by atoms with Crippen LogP contribution < -0.4 is 10.1 Å². The van der Waals surface area contributed by atoms with Crippen molar-refractivity contribution in [3.05, 3.63) is 77.2 Å². The number of carbonyl (C=O) groups excluding carboxylic acids is 1. The Balaban J connectivity index is 1.49. The molecule has 0 bridgehead atoms. The van der Waals surface area contributed by atoms with E-state index < -0.39 is 5.82 Å². The zero-order valence-electron chi connectivity index (χ0n) is 14.6. The molecule has 0 spiro atoms. The Morgan fingerprint density at radius 2 is 1.96 bits per heavy atom. The average molecular weight is 369 g/mol. The van der Waals surface area contributed by atoms with E-state index in [2.05, 4.69) is 5.32 Å². The van der Waals surface area contributed by atoms with Gasteiger partial charge in [-0.05, 0) is 53.9 Å². The highest BCUT2D eigenvalue weighted by Gasteiger charge is 2.27. The van der Waals surface area contributed by atoms with Gasteiger partial charge < -0.3 is 14.5 Å². The zero-order valence-corrected chi connectivity index (χ0v) is 14.6. The molecule has 1 N–H and O–H groups in total. The molecule has 0 saturated carbocycles. The molecule has 27 heavy (non-hydrogen) atoms. The lowest BCUT2D eigenvalue weighted by Crippen LogP contribution is -2.34. The number of rotatable bonds is 4.